The smallest absolute Gasteiger partial charge is 0.335 e. The zero-order valence-corrected chi connectivity index (χ0v) is 24.1. The molecule has 3 aromatic rings. The first-order valence-corrected chi connectivity index (χ1v) is 14.3. The van der Waals surface area contributed by atoms with Crippen molar-refractivity contribution in [2.45, 2.75) is 38.5 Å². The number of anilines is 3. The summed E-state index contributed by atoms with van der Waals surface area (Å²) in [7, 11) is 0. The summed E-state index contributed by atoms with van der Waals surface area (Å²) in [5.74, 6) is -1.11. The molecule has 3 fully saturated rings. The van der Waals surface area contributed by atoms with Crippen LogP contribution in [0.2, 0.25) is 0 Å². The van der Waals surface area contributed by atoms with Gasteiger partial charge in [0.05, 0.1) is 17.2 Å². The molecule has 4 amide bonds. The molecule has 226 valence electrons. The number of hydrogen-bond donors (Lipinski definition) is 2. The van der Waals surface area contributed by atoms with Gasteiger partial charge >= 0.3 is 5.97 Å². The number of rotatable bonds is 5. The number of amides is 4. The number of nitrogens with two attached hydrogens (primary N) is 1. The molecule has 3 saturated heterocycles. The molecule has 0 aliphatic carbocycles. The lowest BCUT2D eigenvalue weighted by Crippen LogP contribution is -2.24. The number of nitriles is 1. The summed E-state index contributed by atoms with van der Waals surface area (Å²) in [6, 6.07) is 22.6. The van der Waals surface area contributed by atoms with Gasteiger partial charge in [-0.2, -0.15) is 5.26 Å². The molecule has 3 N–H and O–H groups in total. The van der Waals surface area contributed by atoms with Crippen LogP contribution in [0.1, 0.15) is 64.8 Å². The van der Waals surface area contributed by atoms with Crippen LogP contribution in [0, 0.1) is 11.3 Å². The minimum absolute atomic E-state index is 0.0672. The fourth-order valence-corrected chi connectivity index (χ4v) is 5.14. The van der Waals surface area contributed by atoms with Crippen LogP contribution in [0.3, 0.4) is 0 Å². The van der Waals surface area contributed by atoms with Crippen LogP contribution in [0.15, 0.2) is 72.8 Å². The van der Waals surface area contributed by atoms with Crippen LogP contribution < -0.4 is 20.4 Å². The van der Waals surface area contributed by atoms with Crippen LogP contribution >= 0.6 is 0 Å². The zero-order valence-electron chi connectivity index (χ0n) is 24.1. The summed E-state index contributed by atoms with van der Waals surface area (Å²) >= 11 is 0. The Labute approximate surface area is 255 Å². The van der Waals surface area contributed by atoms with Crippen LogP contribution in [-0.2, 0) is 14.4 Å². The number of primary amides is 1. The summed E-state index contributed by atoms with van der Waals surface area (Å²) in [6.45, 7) is 2.18. The standard InChI is InChI=1S/C11H12N2O2.C11H10N2O.C11H11NO3/c12-11(15)8-3-1-4-9(7-8)13-6-2-5-10(13)14;12-8-9-3-1-4-10(7-9)13-6-2-5-11(13)14;13-10-5-2-6-12(10)9-4-1-3-8(7-9)11(14)15/h1,3-4,7H,2,5-6H2,(H2,12,15);1,3-4,7H,2,5-6H2;1,3-4,7H,2,5-6H2,(H,14,15). The third-order valence-electron chi connectivity index (χ3n) is 7.35. The third-order valence-corrected chi connectivity index (χ3v) is 7.35. The number of carboxylic acids is 1. The molecule has 0 atom stereocenters. The second-order valence-corrected chi connectivity index (χ2v) is 10.4. The molecule has 11 nitrogen and oxygen atoms in total. The van der Waals surface area contributed by atoms with Crippen molar-refractivity contribution in [3.8, 4) is 6.07 Å². The molecule has 0 saturated carbocycles. The topological polar surface area (TPSA) is 165 Å². The van der Waals surface area contributed by atoms with Gasteiger partial charge in [-0.3, -0.25) is 19.2 Å². The minimum Gasteiger partial charge on any atom is -0.478 e. The minimum atomic E-state index is -0.969. The van der Waals surface area contributed by atoms with Gasteiger partial charge in [-0.05, 0) is 73.9 Å². The number of hydrogen-bond acceptors (Lipinski definition) is 6. The monoisotopic (exact) mass is 595 g/mol. The molecular formula is C33H33N5O6. The van der Waals surface area contributed by atoms with Crippen LogP contribution in [0.5, 0.6) is 0 Å². The second kappa shape index (κ2) is 14.6. The Hall–Kier alpha value is -5.50. The predicted molar refractivity (Wildman–Crippen MR) is 164 cm³/mol. The van der Waals surface area contributed by atoms with Gasteiger partial charge in [0.25, 0.3) is 0 Å². The highest BCUT2D eigenvalue weighted by atomic mass is 16.4. The van der Waals surface area contributed by atoms with Crippen LogP contribution in [0.4, 0.5) is 17.1 Å². The fraction of sp³-hybridized carbons (Fsp3) is 0.273. The van der Waals surface area contributed by atoms with Gasteiger partial charge in [0, 0.05) is 61.5 Å². The van der Waals surface area contributed by atoms with Gasteiger partial charge in [-0.15, -0.1) is 0 Å². The maximum atomic E-state index is 11.5. The molecule has 0 bridgehead atoms. The quantitative estimate of drug-likeness (QED) is 0.448. The van der Waals surface area contributed by atoms with Gasteiger partial charge in [-0.25, -0.2) is 4.79 Å². The maximum Gasteiger partial charge on any atom is 0.335 e. The normalized spacial score (nSPS) is 15.7. The van der Waals surface area contributed by atoms with Crippen molar-refractivity contribution in [1.29, 1.82) is 5.26 Å². The highest BCUT2D eigenvalue weighted by molar-refractivity contribution is 5.99. The summed E-state index contributed by atoms with van der Waals surface area (Å²) in [4.78, 5) is 61.1. The lowest BCUT2D eigenvalue weighted by atomic mass is 10.2. The van der Waals surface area contributed by atoms with E-state index in [1.54, 1.807) is 63.2 Å². The molecule has 0 aromatic heterocycles. The third kappa shape index (κ3) is 7.86. The van der Waals surface area contributed by atoms with Gasteiger partial charge in [0.2, 0.25) is 23.6 Å². The van der Waals surface area contributed by atoms with Gasteiger partial charge < -0.3 is 25.5 Å². The van der Waals surface area contributed by atoms with E-state index in [1.165, 1.54) is 12.1 Å². The van der Waals surface area contributed by atoms with E-state index in [-0.39, 0.29) is 23.3 Å². The molecule has 0 radical (unpaired) electrons. The summed E-state index contributed by atoms with van der Waals surface area (Å²) in [5, 5.41) is 17.5. The number of benzene rings is 3. The van der Waals surface area contributed by atoms with Crippen molar-refractivity contribution in [2.24, 2.45) is 5.73 Å². The highest BCUT2D eigenvalue weighted by Crippen LogP contribution is 2.24. The van der Waals surface area contributed by atoms with Crippen molar-refractivity contribution >= 4 is 46.7 Å². The van der Waals surface area contributed by atoms with E-state index >= 15 is 0 Å². The van der Waals surface area contributed by atoms with Gasteiger partial charge in [-0.1, -0.05) is 18.2 Å². The molecule has 3 aliphatic heterocycles. The molecule has 3 aromatic carbocycles. The Morgan fingerprint density at radius 1 is 0.659 bits per heavy atom. The van der Waals surface area contributed by atoms with E-state index in [9.17, 15) is 24.0 Å². The predicted octanol–water partition coefficient (Wildman–Crippen LogP) is 4.11. The Morgan fingerprint density at radius 2 is 1.07 bits per heavy atom. The van der Waals surface area contributed by atoms with Crippen molar-refractivity contribution in [2.75, 3.05) is 34.3 Å². The second-order valence-electron chi connectivity index (χ2n) is 10.4. The largest absolute Gasteiger partial charge is 0.478 e. The molecule has 0 unspecified atom stereocenters. The average Bonchev–Trinajstić information content (AvgIpc) is 3.79. The molecule has 44 heavy (non-hydrogen) atoms. The Kier molecular flexibility index (Phi) is 10.4. The molecule has 0 spiro atoms. The number of nitrogens with zero attached hydrogens (tertiary/aromatic N) is 4. The summed E-state index contributed by atoms with van der Waals surface area (Å²) in [6.07, 6.45) is 4.39. The van der Waals surface area contributed by atoms with E-state index in [0.29, 0.717) is 42.6 Å². The van der Waals surface area contributed by atoms with Gasteiger partial charge in [0.1, 0.15) is 0 Å². The van der Waals surface area contributed by atoms with Crippen LogP contribution in [-0.4, -0.2) is 54.3 Å². The Balaban J connectivity index is 0.000000151. The summed E-state index contributed by atoms with van der Waals surface area (Å²) in [5.41, 5.74) is 8.70. The van der Waals surface area contributed by atoms with E-state index < -0.39 is 11.9 Å². The fourth-order valence-electron chi connectivity index (χ4n) is 5.14. The molecule has 6 rings (SSSR count). The highest BCUT2D eigenvalue weighted by Gasteiger charge is 2.23. The van der Waals surface area contributed by atoms with Crippen molar-refractivity contribution in [1.82, 2.24) is 0 Å². The van der Waals surface area contributed by atoms with E-state index in [1.807, 2.05) is 12.1 Å². The number of aromatic carboxylic acids is 1. The van der Waals surface area contributed by atoms with E-state index in [2.05, 4.69) is 6.07 Å². The van der Waals surface area contributed by atoms with Crippen molar-refractivity contribution < 1.29 is 29.1 Å². The van der Waals surface area contributed by atoms with Crippen molar-refractivity contribution in [3.05, 3.63) is 89.5 Å². The first-order valence-electron chi connectivity index (χ1n) is 14.3. The zero-order chi connectivity index (χ0) is 31.6. The number of carbonyl (C=O) groups excluding carboxylic acids is 4. The lowest BCUT2D eigenvalue weighted by molar-refractivity contribution is -0.117. The summed E-state index contributed by atoms with van der Waals surface area (Å²) < 4.78 is 0. The SMILES string of the molecule is N#Cc1cccc(N2CCCC2=O)c1.NC(=O)c1cccc(N2CCCC2=O)c1.O=C(O)c1cccc(N2CCCC2=O)c1. The first kappa shape index (κ1) is 31.4. The first-order chi connectivity index (χ1) is 21.2. The molecular weight excluding hydrogens is 562 g/mol. The molecule has 11 heteroatoms. The number of carbonyl (C=O) groups is 5. The molecule has 3 heterocycles. The van der Waals surface area contributed by atoms with Gasteiger partial charge in [0.15, 0.2) is 0 Å². The van der Waals surface area contributed by atoms with Crippen LogP contribution in [0.25, 0.3) is 0 Å². The Morgan fingerprint density at radius 3 is 1.45 bits per heavy atom. The van der Waals surface area contributed by atoms with E-state index in [0.717, 1.165) is 43.7 Å². The average molecular weight is 596 g/mol. The Bertz CT molecular complexity index is 1530. The lowest BCUT2D eigenvalue weighted by Gasteiger charge is -2.15. The van der Waals surface area contributed by atoms with Crippen molar-refractivity contribution in [3.63, 3.8) is 0 Å². The maximum absolute atomic E-state index is 11.5. The van der Waals surface area contributed by atoms with E-state index in [4.69, 9.17) is 16.1 Å². The molecule has 3 aliphatic rings. The number of carboxylic acid groups (broad SMARTS) is 1.